The van der Waals surface area contributed by atoms with E-state index < -0.39 is 6.09 Å². The number of amides is 1. The van der Waals surface area contributed by atoms with Gasteiger partial charge in [-0.15, -0.1) is 0 Å². The standard InChI is InChI=1S/C24H35N5O4/c1-2-32-24(31)25-23-20-29(26-33-23)28-18-16-27(17-19-28)15-11-6-4-3-5-10-14-22(30)21-12-8-7-9-13-21/h7-9,12-13,20H,2-6,10-11,14-19H2,1H3/p+1. The molecular weight excluding hydrogens is 422 g/mol. The number of anilines is 1. The van der Waals surface area contributed by atoms with Crippen molar-refractivity contribution in [2.45, 2.75) is 51.9 Å². The van der Waals surface area contributed by atoms with Gasteiger partial charge in [0, 0.05) is 25.1 Å². The first-order chi connectivity index (χ1) is 16.2. The molecule has 0 aliphatic carbocycles. The second kappa shape index (κ2) is 13.6. The highest BCUT2D eigenvalue weighted by Crippen LogP contribution is 2.11. The average molecular weight is 459 g/mol. The first kappa shape index (κ1) is 24.7. The fourth-order valence-corrected chi connectivity index (χ4v) is 3.96. The molecule has 2 heterocycles. The maximum absolute atomic E-state index is 12.1. The van der Waals surface area contributed by atoms with Crippen molar-refractivity contribution in [3.05, 3.63) is 42.1 Å². The maximum Gasteiger partial charge on any atom is 0.414 e. The lowest BCUT2D eigenvalue weighted by Gasteiger charge is -2.29. The summed E-state index contributed by atoms with van der Waals surface area (Å²) in [5.74, 6) is 0.519. The lowest BCUT2D eigenvalue weighted by atomic mass is 10.0. The molecule has 33 heavy (non-hydrogen) atoms. The van der Waals surface area contributed by atoms with Crippen molar-refractivity contribution in [3.8, 4) is 0 Å². The Morgan fingerprint density at radius 1 is 1.03 bits per heavy atom. The van der Waals surface area contributed by atoms with Gasteiger partial charge in [-0.25, -0.2) is 4.79 Å². The molecule has 180 valence electrons. The molecule has 3 rings (SSSR count). The average Bonchev–Trinajstić information content (AvgIpc) is 3.30. The maximum atomic E-state index is 12.1. The Morgan fingerprint density at radius 2 is 1.73 bits per heavy atom. The van der Waals surface area contributed by atoms with Crippen molar-refractivity contribution in [2.75, 3.05) is 49.7 Å². The highest BCUT2D eigenvalue weighted by atomic mass is 16.6. The first-order valence-corrected chi connectivity index (χ1v) is 12.0. The lowest BCUT2D eigenvalue weighted by Crippen LogP contribution is -2.65. The molecule has 1 aromatic heterocycles. The minimum atomic E-state index is -0.550. The van der Waals surface area contributed by atoms with Gasteiger partial charge in [0.15, 0.2) is 5.78 Å². The van der Waals surface area contributed by atoms with Gasteiger partial charge in [-0.2, -0.15) is 5.01 Å². The molecule has 0 bridgehead atoms. The summed E-state index contributed by atoms with van der Waals surface area (Å²) in [6.45, 7) is 6.81. The number of Topliss-reactive ketones (excluding diaryl/α,β-unsaturated/α-hetero) is 1. The monoisotopic (exact) mass is 458 g/mol. The molecule has 0 spiro atoms. The number of hydrogen-bond donors (Lipinski definition) is 1. The van der Waals surface area contributed by atoms with E-state index in [1.165, 1.54) is 25.7 Å². The van der Waals surface area contributed by atoms with Crippen LogP contribution in [0.2, 0.25) is 0 Å². The van der Waals surface area contributed by atoms with Gasteiger partial charge in [-0.1, -0.05) is 56.0 Å². The zero-order valence-corrected chi connectivity index (χ0v) is 19.6. The van der Waals surface area contributed by atoms with Gasteiger partial charge in [-0.05, 0) is 26.3 Å². The van der Waals surface area contributed by atoms with E-state index in [1.54, 1.807) is 17.9 Å². The number of carbonyl (C=O) groups excluding carboxylic acids is 2. The normalized spacial score (nSPS) is 14.3. The van der Waals surface area contributed by atoms with Gasteiger partial charge in [0.25, 0.3) is 6.20 Å². The zero-order chi connectivity index (χ0) is 23.3. The number of piperazine rings is 1. The molecule has 9 heteroatoms. The predicted octanol–water partition coefficient (Wildman–Crippen LogP) is 3.40. The molecular formula is C24H36N5O4+. The van der Waals surface area contributed by atoms with E-state index in [1.807, 2.05) is 30.3 Å². The quantitative estimate of drug-likeness (QED) is 0.279. The van der Waals surface area contributed by atoms with E-state index in [9.17, 15) is 9.59 Å². The highest BCUT2D eigenvalue weighted by molar-refractivity contribution is 5.95. The SMILES string of the molecule is CCOC(=O)Nc1c[n+](N2CCN(CCCCCCCCC(=O)c3ccccc3)CC2)no1. The van der Waals surface area contributed by atoms with E-state index >= 15 is 0 Å². The third-order valence-corrected chi connectivity index (χ3v) is 5.82. The van der Waals surface area contributed by atoms with Gasteiger partial charge in [0.2, 0.25) is 5.27 Å². The highest BCUT2D eigenvalue weighted by Gasteiger charge is 2.26. The van der Waals surface area contributed by atoms with Crippen LogP contribution in [0.3, 0.4) is 0 Å². The number of ether oxygens (including phenoxy) is 1. The number of nitrogens with zero attached hydrogens (tertiary/aromatic N) is 4. The molecule has 0 unspecified atom stereocenters. The minimum Gasteiger partial charge on any atom is -0.450 e. The number of benzene rings is 1. The van der Waals surface area contributed by atoms with Gasteiger partial charge in [0.1, 0.15) is 0 Å². The molecule has 1 N–H and O–H groups in total. The third kappa shape index (κ3) is 8.49. The van der Waals surface area contributed by atoms with Crippen LogP contribution < -0.4 is 15.1 Å². The lowest BCUT2D eigenvalue weighted by molar-refractivity contribution is -0.759. The molecule has 0 atom stereocenters. The summed E-state index contributed by atoms with van der Waals surface area (Å²) in [4.78, 5) is 27.7. The number of ketones is 1. The van der Waals surface area contributed by atoms with Crippen LogP contribution in [-0.4, -0.2) is 61.4 Å². The van der Waals surface area contributed by atoms with Crippen LogP contribution >= 0.6 is 0 Å². The predicted molar refractivity (Wildman–Crippen MR) is 125 cm³/mol. The number of rotatable bonds is 13. The van der Waals surface area contributed by atoms with Gasteiger partial charge in [0.05, 0.1) is 24.5 Å². The molecule has 1 aromatic carbocycles. The molecule has 1 fully saturated rings. The Morgan fingerprint density at radius 3 is 2.45 bits per heavy atom. The Balaban J connectivity index is 1.20. The van der Waals surface area contributed by atoms with Gasteiger partial charge in [-0.3, -0.25) is 19.5 Å². The van der Waals surface area contributed by atoms with Crippen LogP contribution in [0.5, 0.6) is 0 Å². The summed E-state index contributed by atoms with van der Waals surface area (Å²) in [5.41, 5.74) is 0.827. The Kier molecular flexibility index (Phi) is 10.2. The summed E-state index contributed by atoms with van der Waals surface area (Å²) in [6, 6.07) is 9.57. The smallest absolute Gasteiger partial charge is 0.414 e. The number of unbranched alkanes of at least 4 members (excludes halogenated alkanes) is 5. The van der Waals surface area contributed by atoms with E-state index in [0.717, 1.165) is 51.1 Å². The van der Waals surface area contributed by atoms with E-state index in [4.69, 9.17) is 9.26 Å². The van der Waals surface area contributed by atoms with Gasteiger partial charge >= 0.3 is 12.0 Å². The van der Waals surface area contributed by atoms with E-state index in [0.29, 0.717) is 13.0 Å². The molecule has 1 amide bonds. The molecule has 0 radical (unpaired) electrons. The number of carbonyl (C=O) groups is 2. The summed E-state index contributed by atoms with van der Waals surface area (Å²) >= 11 is 0. The molecule has 1 saturated heterocycles. The van der Waals surface area contributed by atoms with E-state index in [2.05, 4.69) is 20.5 Å². The Labute approximate surface area is 195 Å². The molecule has 0 saturated carbocycles. The van der Waals surface area contributed by atoms with Crippen molar-refractivity contribution in [1.82, 2.24) is 10.2 Å². The molecule has 1 aliphatic heterocycles. The van der Waals surface area contributed by atoms with Crippen molar-refractivity contribution in [2.24, 2.45) is 0 Å². The van der Waals surface area contributed by atoms with Crippen LogP contribution in [0.4, 0.5) is 10.7 Å². The molecule has 1 aliphatic rings. The van der Waals surface area contributed by atoms with Crippen LogP contribution in [-0.2, 0) is 4.74 Å². The summed E-state index contributed by atoms with van der Waals surface area (Å²) < 4.78 is 9.98. The summed E-state index contributed by atoms with van der Waals surface area (Å²) in [5, 5.41) is 8.58. The molecule has 9 nitrogen and oxygen atoms in total. The van der Waals surface area contributed by atoms with Crippen LogP contribution in [0.25, 0.3) is 0 Å². The Hall–Kier alpha value is -2.94. The third-order valence-electron chi connectivity index (χ3n) is 5.82. The summed E-state index contributed by atoms with van der Waals surface area (Å²) in [6.07, 6.45) is 8.71. The van der Waals surface area contributed by atoms with E-state index in [-0.39, 0.29) is 11.7 Å². The fraction of sp³-hybridized carbons (Fsp3) is 0.583. The second-order valence-electron chi connectivity index (χ2n) is 8.29. The second-order valence-corrected chi connectivity index (χ2v) is 8.29. The van der Waals surface area contributed by atoms with Crippen molar-refractivity contribution in [3.63, 3.8) is 0 Å². The van der Waals surface area contributed by atoms with Gasteiger partial charge < -0.3 is 4.74 Å². The van der Waals surface area contributed by atoms with Crippen molar-refractivity contribution in [1.29, 1.82) is 0 Å². The van der Waals surface area contributed by atoms with Crippen LogP contribution in [0.15, 0.2) is 41.1 Å². The summed E-state index contributed by atoms with van der Waals surface area (Å²) in [7, 11) is 0. The van der Waals surface area contributed by atoms with Crippen LogP contribution in [0.1, 0.15) is 62.2 Å². The Bertz CT molecular complexity index is 850. The van der Waals surface area contributed by atoms with Crippen molar-refractivity contribution < 1.29 is 23.6 Å². The topological polar surface area (TPSA) is 91.8 Å². The fourth-order valence-electron chi connectivity index (χ4n) is 3.96. The molecule has 2 aromatic rings. The number of hydrogen-bond acceptors (Lipinski definition) is 7. The number of nitrogens with one attached hydrogen (secondary N) is 1. The zero-order valence-electron chi connectivity index (χ0n) is 19.6. The number of aromatic nitrogens is 2. The first-order valence-electron chi connectivity index (χ1n) is 12.0. The van der Waals surface area contributed by atoms with Crippen molar-refractivity contribution >= 4 is 17.8 Å². The minimum absolute atomic E-state index is 0.255. The largest absolute Gasteiger partial charge is 0.450 e. The van der Waals surface area contributed by atoms with Crippen LogP contribution in [0, 0.1) is 0 Å².